The monoisotopic (exact) mass is 280 g/mol. The summed E-state index contributed by atoms with van der Waals surface area (Å²) in [4.78, 5) is 14.4. The Bertz CT molecular complexity index is 459. The minimum absolute atomic E-state index is 0.0472. The van der Waals surface area contributed by atoms with E-state index in [0.29, 0.717) is 29.6 Å². The summed E-state index contributed by atoms with van der Waals surface area (Å²) in [7, 11) is 1.85. The Morgan fingerprint density at radius 2 is 2.37 bits per heavy atom. The molecule has 1 heterocycles. The van der Waals surface area contributed by atoms with Crippen molar-refractivity contribution in [2.75, 3.05) is 30.9 Å². The van der Waals surface area contributed by atoms with Crippen molar-refractivity contribution in [3.8, 4) is 5.75 Å². The Balaban J connectivity index is 2.26. The van der Waals surface area contributed by atoms with Crippen molar-refractivity contribution < 1.29 is 9.53 Å². The summed E-state index contributed by atoms with van der Waals surface area (Å²) in [5.41, 5.74) is 6.93. The summed E-state index contributed by atoms with van der Waals surface area (Å²) < 4.78 is 5.52. The third-order valence-corrected chi connectivity index (χ3v) is 4.49. The number of hydrogen-bond acceptors (Lipinski definition) is 4. The number of benzene rings is 1. The molecular weight excluding hydrogens is 260 g/mol. The van der Waals surface area contributed by atoms with Crippen molar-refractivity contribution in [3.63, 3.8) is 0 Å². The van der Waals surface area contributed by atoms with Crippen LogP contribution in [0.5, 0.6) is 5.75 Å². The zero-order valence-electron chi connectivity index (χ0n) is 11.4. The number of amides is 1. The summed E-state index contributed by atoms with van der Waals surface area (Å²) in [6.45, 7) is 2.42. The second-order valence-electron chi connectivity index (χ2n) is 4.59. The van der Waals surface area contributed by atoms with Crippen molar-refractivity contribution in [2.24, 2.45) is 0 Å². The number of nitrogens with two attached hydrogens (primary N) is 1. The molecule has 0 aromatic heterocycles. The van der Waals surface area contributed by atoms with Gasteiger partial charge in [0.1, 0.15) is 11.3 Å². The smallest absolute Gasteiger partial charge is 0.259 e. The van der Waals surface area contributed by atoms with Crippen LogP contribution in [0.4, 0.5) is 5.69 Å². The molecule has 0 aliphatic carbocycles. The Morgan fingerprint density at radius 1 is 1.58 bits per heavy atom. The number of nitrogens with zero attached hydrogens (tertiary/aromatic N) is 1. The number of thioether (sulfide) groups is 1. The fourth-order valence-electron chi connectivity index (χ4n) is 2.22. The molecule has 19 heavy (non-hydrogen) atoms. The molecule has 4 nitrogen and oxygen atoms in total. The van der Waals surface area contributed by atoms with Gasteiger partial charge in [0.15, 0.2) is 0 Å². The maximum absolute atomic E-state index is 12.6. The van der Waals surface area contributed by atoms with E-state index in [9.17, 15) is 4.79 Å². The van der Waals surface area contributed by atoms with Gasteiger partial charge in [-0.05, 0) is 31.2 Å². The summed E-state index contributed by atoms with van der Waals surface area (Å²) in [6, 6.07) is 5.64. The molecule has 5 heteroatoms. The molecule has 0 spiro atoms. The van der Waals surface area contributed by atoms with Gasteiger partial charge in [0, 0.05) is 24.5 Å². The predicted octanol–water partition coefficient (Wildman–Crippen LogP) is 2.25. The highest BCUT2D eigenvalue weighted by atomic mass is 32.2. The van der Waals surface area contributed by atoms with Crippen LogP contribution in [-0.4, -0.2) is 42.0 Å². The van der Waals surface area contributed by atoms with Crippen molar-refractivity contribution in [2.45, 2.75) is 19.4 Å². The largest absolute Gasteiger partial charge is 0.493 e. The third-order valence-electron chi connectivity index (χ3n) is 3.35. The summed E-state index contributed by atoms with van der Waals surface area (Å²) in [5.74, 6) is 2.64. The van der Waals surface area contributed by atoms with Crippen LogP contribution in [0, 0.1) is 0 Å². The topological polar surface area (TPSA) is 55.6 Å². The van der Waals surface area contributed by atoms with Crippen molar-refractivity contribution in [1.82, 2.24) is 4.90 Å². The van der Waals surface area contributed by atoms with Crippen LogP contribution < -0.4 is 10.5 Å². The van der Waals surface area contributed by atoms with Crippen molar-refractivity contribution in [3.05, 3.63) is 23.8 Å². The molecule has 0 bridgehead atoms. The Hall–Kier alpha value is -1.36. The predicted molar refractivity (Wildman–Crippen MR) is 79.8 cm³/mol. The zero-order chi connectivity index (χ0) is 13.8. The van der Waals surface area contributed by atoms with Gasteiger partial charge in [-0.2, -0.15) is 11.8 Å². The molecule has 2 N–H and O–H groups in total. The molecule has 1 amide bonds. The van der Waals surface area contributed by atoms with E-state index in [4.69, 9.17) is 10.5 Å². The van der Waals surface area contributed by atoms with Crippen LogP contribution in [0.1, 0.15) is 23.7 Å². The highest BCUT2D eigenvalue weighted by Gasteiger charge is 2.27. The Labute approximate surface area is 118 Å². The average molecular weight is 280 g/mol. The van der Waals surface area contributed by atoms with E-state index in [1.54, 1.807) is 17.0 Å². The molecule has 1 unspecified atom stereocenters. The van der Waals surface area contributed by atoms with E-state index in [0.717, 1.165) is 17.9 Å². The van der Waals surface area contributed by atoms with E-state index in [2.05, 4.69) is 0 Å². The van der Waals surface area contributed by atoms with E-state index in [1.807, 2.05) is 31.8 Å². The van der Waals surface area contributed by atoms with Gasteiger partial charge in [0.05, 0.1) is 6.61 Å². The first-order chi connectivity index (χ1) is 9.15. The molecule has 1 aromatic carbocycles. The van der Waals surface area contributed by atoms with Gasteiger partial charge in [-0.25, -0.2) is 0 Å². The number of nitrogen functional groups attached to an aromatic ring is 1. The number of ether oxygens (including phenoxy) is 1. The van der Waals surface area contributed by atoms with E-state index < -0.39 is 0 Å². The normalized spacial score (nSPS) is 18.3. The van der Waals surface area contributed by atoms with Crippen LogP contribution in [0.2, 0.25) is 0 Å². The highest BCUT2D eigenvalue weighted by molar-refractivity contribution is 7.99. The first-order valence-electron chi connectivity index (χ1n) is 6.51. The molecule has 1 aromatic rings. The maximum Gasteiger partial charge on any atom is 0.259 e. The van der Waals surface area contributed by atoms with E-state index in [-0.39, 0.29) is 5.91 Å². The lowest BCUT2D eigenvalue weighted by atomic mass is 10.1. The molecule has 1 fully saturated rings. The van der Waals surface area contributed by atoms with Crippen LogP contribution >= 0.6 is 11.8 Å². The minimum Gasteiger partial charge on any atom is -0.493 e. The Morgan fingerprint density at radius 3 is 3.00 bits per heavy atom. The average Bonchev–Trinajstić information content (AvgIpc) is 2.91. The lowest BCUT2D eigenvalue weighted by Gasteiger charge is -2.25. The van der Waals surface area contributed by atoms with Gasteiger partial charge >= 0.3 is 0 Å². The fourth-order valence-corrected chi connectivity index (χ4v) is 3.49. The molecule has 1 saturated heterocycles. The zero-order valence-corrected chi connectivity index (χ0v) is 12.2. The molecule has 1 aliphatic heterocycles. The molecular formula is C14H20N2O2S. The second kappa shape index (κ2) is 6.19. The molecule has 104 valence electrons. The molecule has 2 rings (SSSR count). The SMILES string of the molecule is CCOc1cccc(N)c1C(=O)N(C)C1CCSC1. The third kappa shape index (κ3) is 2.97. The first-order valence-corrected chi connectivity index (χ1v) is 7.66. The lowest BCUT2D eigenvalue weighted by molar-refractivity contribution is 0.0745. The quantitative estimate of drug-likeness (QED) is 0.859. The van der Waals surface area contributed by atoms with E-state index >= 15 is 0 Å². The van der Waals surface area contributed by atoms with E-state index in [1.165, 1.54) is 0 Å². The standard InChI is InChI=1S/C14H20N2O2S/c1-3-18-12-6-4-5-11(15)13(12)14(17)16(2)10-7-8-19-9-10/h4-6,10H,3,7-9,15H2,1-2H3. The molecule has 0 saturated carbocycles. The van der Waals surface area contributed by atoms with Gasteiger partial charge in [-0.15, -0.1) is 0 Å². The number of anilines is 1. The first kappa shape index (κ1) is 14.1. The van der Waals surface area contributed by atoms with Gasteiger partial charge in [-0.3, -0.25) is 4.79 Å². The molecule has 1 atom stereocenters. The van der Waals surface area contributed by atoms with Gasteiger partial charge < -0.3 is 15.4 Å². The summed E-state index contributed by atoms with van der Waals surface area (Å²) in [5, 5.41) is 0. The second-order valence-corrected chi connectivity index (χ2v) is 5.74. The van der Waals surface area contributed by atoms with Crippen LogP contribution in [0.15, 0.2) is 18.2 Å². The van der Waals surface area contributed by atoms with Crippen LogP contribution in [-0.2, 0) is 0 Å². The van der Waals surface area contributed by atoms with Crippen molar-refractivity contribution >= 4 is 23.4 Å². The van der Waals surface area contributed by atoms with Gasteiger partial charge in [0.25, 0.3) is 5.91 Å². The Kier molecular flexibility index (Phi) is 4.58. The number of hydrogen-bond donors (Lipinski definition) is 1. The number of carbonyl (C=O) groups is 1. The summed E-state index contributed by atoms with van der Waals surface area (Å²) in [6.07, 6.45) is 1.05. The lowest BCUT2D eigenvalue weighted by Crippen LogP contribution is -2.37. The molecule has 1 aliphatic rings. The number of rotatable bonds is 4. The van der Waals surface area contributed by atoms with Crippen LogP contribution in [0.3, 0.4) is 0 Å². The molecule has 0 radical (unpaired) electrons. The van der Waals surface area contributed by atoms with Gasteiger partial charge in [-0.1, -0.05) is 6.07 Å². The minimum atomic E-state index is -0.0472. The fraction of sp³-hybridized carbons (Fsp3) is 0.500. The maximum atomic E-state index is 12.6. The summed E-state index contributed by atoms with van der Waals surface area (Å²) >= 11 is 1.89. The van der Waals surface area contributed by atoms with Crippen molar-refractivity contribution in [1.29, 1.82) is 0 Å². The van der Waals surface area contributed by atoms with Crippen LogP contribution in [0.25, 0.3) is 0 Å². The number of carbonyl (C=O) groups excluding carboxylic acids is 1. The van der Waals surface area contributed by atoms with Gasteiger partial charge in [0.2, 0.25) is 0 Å². The highest BCUT2D eigenvalue weighted by Crippen LogP contribution is 2.29.